The lowest BCUT2D eigenvalue weighted by atomic mass is 9.93. The SMILES string of the molecule is CCCC(C(=O)Nc1cccc(COC)c1)c1ccccc1. The van der Waals surface area contributed by atoms with Crippen LogP contribution >= 0.6 is 0 Å². The van der Waals surface area contributed by atoms with Crippen LogP contribution in [0.5, 0.6) is 0 Å². The maximum Gasteiger partial charge on any atom is 0.231 e. The summed E-state index contributed by atoms with van der Waals surface area (Å²) < 4.78 is 5.13. The number of hydrogen-bond donors (Lipinski definition) is 1. The minimum absolute atomic E-state index is 0.0441. The van der Waals surface area contributed by atoms with Crippen LogP contribution in [0.25, 0.3) is 0 Å². The lowest BCUT2D eigenvalue weighted by Crippen LogP contribution is -2.21. The van der Waals surface area contributed by atoms with E-state index in [4.69, 9.17) is 4.74 Å². The molecule has 3 heteroatoms. The number of hydrogen-bond acceptors (Lipinski definition) is 2. The maximum absolute atomic E-state index is 12.6. The second-order valence-corrected chi connectivity index (χ2v) is 5.37. The largest absolute Gasteiger partial charge is 0.380 e. The molecule has 0 aliphatic carbocycles. The van der Waals surface area contributed by atoms with Gasteiger partial charge in [0.15, 0.2) is 0 Å². The lowest BCUT2D eigenvalue weighted by Gasteiger charge is -2.17. The minimum atomic E-state index is -0.114. The molecule has 0 aliphatic rings. The Hall–Kier alpha value is -2.13. The van der Waals surface area contributed by atoms with Crippen molar-refractivity contribution in [1.82, 2.24) is 0 Å². The van der Waals surface area contributed by atoms with Crippen LogP contribution in [0.1, 0.15) is 36.8 Å². The first-order valence-electron chi connectivity index (χ1n) is 7.68. The van der Waals surface area contributed by atoms with Gasteiger partial charge in [0.1, 0.15) is 0 Å². The van der Waals surface area contributed by atoms with E-state index < -0.39 is 0 Å². The van der Waals surface area contributed by atoms with Gasteiger partial charge in [-0.15, -0.1) is 0 Å². The molecule has 3 nitrogen and oxygen atoms in total. The van der Waals surface area contributed by atoms with Crippen molar-refractivity contribution in [3.8, 4) is 0 Å². The van der Waals surface area contributed by atoms with Crippen molar-refractivity contribution in [3.63, 3.8) is 0 Å². The van der Waals surface area contributed by atoms with Crippen LogP contribution < -0.4 is 5.32 Å². The van der Waals surface area contributed by atoms with Crippen LogP contribution in [-0.4, -0.2) is 13.0 Å². The summed E-state index contributed by atoms with van der Waals surface area (Å²) in [6.45, 7) is 2.64. The van der Waals surface area contributed by atoms with E-state index in [2.05, 4.69) is 12.2 Å². The average molecular weight is 297 g/mol. The Balaban J connectivity index is 2.13. The van der Waals surface area contributed by atoms with Gasteiger partial charge in [-0.2, -0.15) is 0 Å². The number of nitrogens with one attached hydrogen (secondary N) is 1. The summed E-state index contributed by atoms with van der Waals surface area (Å²) in [6.07, 6.45) is 1.81. The predicted octanol–water partition coefficient (Wildman–Crippen LogP) is 4.36. The highest BCUT2D eigenvalue weighted by Gasteiger charge is 2.19. The number of anilines is 1. The second-order valence-electron chi connectivity index (χ2n) is 5.37. The quantitative estimate of drug-likeness (QED) is 0.825. The number of carbonyl (C=O) groups excluding carboxylic acids is 1. The highest BCUT2D eigenvalue weighted by Crippen LogP contribution is 2.23. The third-order valence-corrected chi connectivity index (χ3v) is 3.60. The Kier molecular flexibility index (Phi) is 6.16. The third kappa shape index (κ3) is 4.43. The monoisotopic (exact) mass is 297 g/mol. The maximum atomic E-state index is 12.6. The van der Waals surface area contributed by atoms with E-state index in [0.29, 0.717) is 6.61 Å². The molecule has 0 heterocycles. The molecule has 22 heavy (non-hydrogen) atoms. The van der Waals surface area contributed by atoms with Crippen LogP contribution in [-0.2, 0) is 16.1 Å². The molecule has 0 spiro atoms. The summed E-state index contributed by atoms with van der Waals surface area (Å²) >= 11 is 0. The Labute approximate surface area is 132 Å². The summed E-state index contributed by atoms with van der Waals surface area (Å²) in [5.41, 5.74) is 2.93. The Morgan fingerprint density at radius 1 is 1.14 bits per heavy atom. The van der Waals surface area contributed by atoms with E-state index in [1.165, 1.54) is 0 Å². The summed E-state index contributed by atoms with van der Waals surface area (Å²) in [5, 5.41) is 3.03. The van der Waals surface area contributed by atoms with Crippen molar-refractivity contribution in [2.75, 3.05) is 12.4 Å². The topological polar surface area (TPSA) is 38.3 Å². The molecule has 0 aliphatic heterocycles. The van der Waals surface area contributed by atoms with Gasteiger partial charge in [-0.25, -0.2) is 0 Å². The van der Waals surface area contributed by atoms with Gasteiger partial charge in [-0.3, -0.25) is 4.79 Å². The van der Waals surface area contributed by atoms with E-state index in [0.717, 1.165) is 29.7 Å². The molecule has 2 rings (SSSR count). The second kappa shape index (κ2) is 8.35. The molecule has 0 aromatic heterocycles. The smallest absolute Gasteiger partial charge is 0.231 e. The fourth-order valence-electron chi connectivity index (χ4n) is 2.56. The first-order valence-corrected chi connectivity index (χ1v) is 7.68. The van der Waals surface area contributed by atoms with E-state index in [1.54, 1.807) is 7.11 Å². The Morgan fingerprint density at radius 2 is 1.91 bits per heavy atom. The van der Waals surface area contributed by atoms with Gasteiger partial charge in [-0.05, 0) is 29.7 Å². The van der Waals surface area contributed by atoms with Crippen LogP contribution in [0, 0.1) is 0 Å². The fraction of sp³-hybridized carbons (Fsp3) is 0.316. The predicted molar refractivity (Wildman–Crippen MR) is 89.9 cm³/mol. The van der Waals surface area contributed by atoms with Crippen molar-refractivity contribution in [1.29, 1.82) is 0 Å². The minimum Gasteiger partial charge on any atom is -0.380 e. The van der Waals surface area contributed by atoms with Crippen LogP contribution in [0.15, 0.2) is 54.6 Å². The molecule has 1 unspecified atom stereocenters. The highest BCUT2D eigenvalue weighted by molar-refractivity contribution is 5.95. The van der Waals surface area contributed by atoms with Gasteiger partial charge < -0.3 is 10.1 Å². The summed E-state index contributed by atoms with van der Waals surface area (Å²) in [5.74, 6) is -0.0695. The standard InChI is InChI=1S/C19H23NO2/c1-3-8-18(16-10-5-4-6-11-16)19(21)20-17-12-7-9-15(13-17)14-22-2/h4-7,9-13,18H,3,8,14H2,1-2H3,(H,20,21). The molecular weight excluding hydrogens is 274 g/mol. The number of rotatable bonds is 7. The van der Waals surface area contributed by atoms with Gasteiger partial charge in [0.2, 0.25) is 5.91 Å². The Morgan fingerprint density at radius 3 is 2.59 bits per heavy atom. The number of carbonyl (C=O) groups is 1. The Bertz CT molecular complexity index is 595. The summed E-state index contributed by atoms with van der Waals surface area (Å²) in [4.78, 5) is 12.6. The number of benzene rings is 2. The molecule has 0 bridgehead atoms. The van der Waals surface area contributed by atoms with Crippen molar-refractivity contribution in [2.45, 2.75) is 32.3 Å². The molecule has 1 atom stereocenters. The van der Waals surface area contributed by atoms with Gasteiger partial charge in [-0.1, -0.05) is 55.8 Å². The number of ether oxygens (including phenoxy) is 1. The van der Waals surface area contributed by atoms with E-state index >= 15 is 0 Å². The zero-order valence-electron chi connectivity index (χ0n) is 13.2. The molecule has 116 valence electrons. The van der Waals surface area contributed by atoms with Crippen LogP contribution in [0.3, 0.4) is 0 Å². The van der Waals surface area contributed by atoms with E-state index in [-0.39, 0.29) is 11.8 Å². The van der Waals surface area contributed by atoms with Crippen molar-refractivity contribution in [3.05, 3.63) is 65.7 Å². The zero-order valence-corrected chi connectivity index (χ0v) is 13.2. The first-order chi connectivity index (χ1) is 10.7. The molecule has 1 N–H and O–H groups in total. The van der Waals surface area contributed by atoms with E-state index in [1.807, 2.05) is 54.6 Å². The summed E-state index contributed by atoms with van der Waals surface area (Å²) in [6, 6.07) is 17.7. The van der Waals surface area contributed by atoms with Crippen LogP contribution in [0.4, 0.5) is 5.69 Å². The van der Waals surface area contributed by atoms with Gasteiger partial charge in [0, 0.05) is 12.8 Å². The lowest BCUT2D eigenvalue weighted by molar-refractivity contribution is -0.117. The zero-order chi connectivity index (χ0) is 15.8. The fourth-order valence-corrected chi connectivity index (χ4v) is 2.56. The third-order valence-electron chi connectivity index (χ3n) is 3.60. The van der Waals surface area contributed by atoms with Gasteiger partial charge >= 0.3 is 0 Å². The van der Waals surface area contributed by atoms with Crippen molar-refractivity contribution < 1.29 is 9.53 Å². The molecular formula is C19H23NO2. The normalized spacial score (nSPS) is 11.9. The summed E-state index contributed by atoms with van der Waals surface area (Å²) in [7, 11) is 1.66. The number of methoxy groups -OCH3 is 1. The molecule has 0 fully saturated rings. The van der Waals surface area contributed by atoms with Crippen LogP contribution in [0.2, 0.25) is 0 Å². The van der Waals surface area contributed by atoms with Gasteiger partial charge in [0.25, 0.3) is 0 Å². The molecule has 0 saturated carbocycles. The molecule has 1 amide bonds. The highest BCUT2D eigenvalue weighted by atomic mass is 16.5. The molecule has 2 aromatic carbocycles. The number of amides is 1. The van der Waals surface area contributed by atoms with Gasteiger partial charge in [0.05, 0.1) is 12.5 Å². The van der Waals surface area contributed by atoms with E-state index in [9.17, 15) is 4.79 Å². The average Bonchev–Trinajstić information content (AvgIpc) is 2.54. The molecule has 0 saturated heterocycles. The first kappa shape index (κ1) is 16.2. The molecule has 2 aromatic rings. The molecule has 0 radical (unpaired) electrons. The van der Waals surface area contributed by atoms with Crippen molar-refractivity contribution in [2.24, 2.45) is 0 Å². The van der Waals surface area contributed by atoms with Crippen molar-refractivity contribution >= 4 is 11.6 Å².